The number of benzene rings is 1. The molecule has 0 bridgehead atoms. The molecule has 0 saturated heterocycles. The van der Waals surface area contributed by atoms with E-state index in [9.17, 15) is 4.79 Å². The van der Waals surface area contributed by atoms with Gasteiger partial charge < -0.3 is 5.32 Å². The number of carbonyl (C=O) groups is 1. The Labute approximate surface area is 102 Å². The number of nitrogens with zero attached hydrogens (tertiary/aromatic N) is 5. The molecule has 1 heterocycles. The fourth-order valence-electron chi connectivity index (χ4n) is 1.47. The molecular weight excluding hydrogens is 232 g/mol. The van der Waals surface area contributed by atoms with Crippen molar-refractivity contribution in [1.29, 1.82) is 0 Å². The van der Waals surface area contributed by atoms with Crippen molar-refractivity contribution in [3.63, 3.8) is 0 Å². The van der Waals surface area contributed by atoms with E-state index in [0.29, 0.717) is 17.6 Å². The van der Waals surface area contributed by atoms with Gasteiger partial charge >= 0.3 is 0 Å². The summed E-state index contributed by atoms with van der Waals surface area (Å²) in [4.78, 5) is 22.6. The Morgan fingerprint density at radius 1 is 1.33 bits per heavy atom. The first-order chi connectivity index (χ1) is 8.81. The highest BCUT2D eigenvalue weighted by atomic mass is 16.1. The van der Waals surface area contributed by atoms with Crippen LogP contribution in [0.25, 0.3) is 21.5 Å². The van der Waals surface area contributed by atoms with E-state index in [2.05, 4.69) is 25.3 Å². The smallest absolute Gasteiger partial charge is 0.251 e. The molecule has 1 aromatic heterocycles. The number of aromatic nitrogens is 2. The van der Waals surface area contributed by atoms with Crippen LogP contribution in [-0.4, -0.2) is 29.0 Å². The number of azide groups is 1. The minimum Gasteiger partial charge on any atom is -0.352 e. The Morgan fingerprint density at radius 2 is 2.11 bits per heavy atom. The first-order valence-electron chi connectivity index (χ1n) is 5.31. The molecule has 2 aromatic rings. The lowest BCUT2D eigenvalue weighted by Gasteiger charge is -2.03. The highest BCUT2D eigenvalue weighted by molar-refractivity contribution is 5.97. The van der Waals surface area contributed by atoms with E-state index in [-0.39, 0.29) is 12.5 Å². The summed E-state index contributed by atoms with van der Waals surface area (Å²) < 4.78 is 0. The highest BCUT2D eigenvalue weighted by Gasteiger charge is 2.06. The molecule has 1 aromatic carbocycles. The van der Waals surface area contributed by atoms with Crippen molar-refractivity contribution in [2.45, 2.75) is 0 Å². The van der Waals surface area contributed by atoms with Gasteiger partial charge in [0.25, 0.3) is 5.91 Å². The number of nitrogens with one attached hydrogen (secondary N) is 1. The van der Waals surface area contributed by atoms with Crippen molar-refractivity contribution in [1.82, 2.24) is 15.3 Å². The van der Waals surface area contributed by atoms with Crippen molar-refractivity contribution in [2.75, 3.05) is 13.1 Å². The molecule has 0 unspecified atom stereocenters. The van der Waals surface area contributed by atoms with E-state index in [0.717, 1.165) is 5.52 Å². The lowest BCUT2D eigenvalue weighted by molar-refractivity contribution is 0.0955. The molecule has 0 spiro atoms. The van der Waals surface area contributed by atoms with Gasteiger partial charge in [-0.2, -0.15) is 0 Å². The Kier molecular flexibility index (Phi) is 3.68. The van der Waals surface area contributed by atoms with Crippen molar-refractivity contribution < 1.29 is 4.79 Å². The molecular formula is C11H10N6O. The van der Waals surface area contributed by atoms with Gasteiger partial charge in [-0.3, -0.25) is 14.8 Å². The van der Waals surface area contributed by atoms with Crippen molar-refractivity contribution in [3.05, 3.63) is 46.6 Å². The number of amides is 1. The van der Waals surface area contributed by atoms with E-state index in [1.54, 1.807) is 30.6 Å². The molecule has 1 N–H and O–H groups in total. The molecule has 0 aliphatic heterocycles. The van der Waals surface area contributed by atoms with E-state index in [4.69, 9.17) is 5.53 Å². The average Bonchev–Trinajstić information content (AvgIpc) is 2.43. The summed E-state index contributed by atoms with van der Waals surface area (Å²) in [7, 11) is 0. The van der Waals surface area contributed by atoms with Gasteiger partial charge in [-0.1, -0.05) is 5.11 Å². The summed E-state index contributed by atoms with van der Waals surface area (Å²) in [6.07, 6.45) is 3.17. The summed E-state index contributed by atoms with van der Waals surface area (Å²) in [6, 6.07) is 5.09. The largest absolute Gasteiger partial charge is 0.352 e. The molecule has 0 aliphatic carbocycles. The first-order valence-corrected chi connectivity index (χ1v) is 5.31. The van der Waals surface area contributed by atoms with Crippen LogP contribution in [0.15, 0.2) is 35.7 Å². The second kappa shape index (κ2) is 5.60. The third kappa shape index (κ3) is 2.72. The number of hydrogen-bond acceptors (Lipinski definition) is 4. The maximum Gasteiger partial charge on any atom is 0.251 e. The molecule has 18 heavy (non-hydrogen) atoms. The quantitative estimate of drug-likeness (QED) is 0.381. The zero-order valence-corrected chi connectivity index (χ0v) is 9.45. The molecule has 2 rings (SSSR count). The summed E-state index contributed by atoms with van der Waals surface area (Å²) >= 11 is 0. The fraction of sp³-hybridized carbons (Fsp3) is 0.182. The van der Waals surface area contributed by atoms with Gasteiger partial charge in [0, 0.05) is 36.0 Å². The summed E-state index contributed by atoms with van der Waals surface area (Å²) in [5.74, 6) is -0.226. The van der Waals surface area contributed by atoms with Crippen molar-refractivity contribution >= 4 is 16.9 Å². The van der Waals surface area contributed by atoms with Crippen molar-refractivity contribution in [3.8, 4) is 0 Å². The Hall–Kier alpha value is -2.66. The van der Waals surface area contributed by atoms with Crippen LogP contribution in [0, 0.1) is 0 Å². The van der Waals surface area contributed by atoms with Gasteiger partial charge in [-0.25, -0.2) is 0 Å². The summed E-state index contributed by atoms with van der Waals surface area (Å²) in [6.45, 7) is 0.539. The standard InChI is InChI=1S/C11H10N6O/c12-17-16-6-5-15-11(18)8-1-2-9-10(7-8)14-4-3-13-9/h1-4,7H,5-6H2,(H,15,18). The maximum atomic E-state index is 11.8. The van der Waals surface area contributed by atoms with Crippen LogP contribution in [0.4, 0.5) is 0 Å². The normalized spacial score (nSPS) is 9.78. The van der Waals surface area contributed by atoms with Gasteiger partial charge in [0.15, 0.2) is 0 Å². The van der Waals surface area contributed by atoms with Crippen LogP contribution >= 0.6 is 0 Å². The molecule has 7 heteroatoms. The third-order valence-electron chi connectivity index (χ3n) is 2.29. The van der Waals surface area contributed by atoms with Crippen LogP contribution in [-0.2, 0) is 0 Å². The molecule has 0 radical (unpaired) electrons. The van der Waals surface area contributed by atoms with Crippen LogP contribution in [0.3, 0.4) is 0 Å². The van der Waals surface area contributed by atoms with Crippen LogP contribution in [0.1, 0.15) is 10.4 Å². The maximum absolute atomic E-state index is 11.8. The molecule has 90 valence electrons. The number of hydrogen-bond donors (Lipinski definition) is 1. The number of rotatable bonds is 4. The molecule has 7 nitrogen and oxygen atoms in total. The highest BCUT2D eigenvalue weighted by Crippen LogP contribution is 2.10. The van der Waals surface area contributed by atoms with E-state index in [1.165, 1.54) is 0 Å². The monoisotopic (exact) mass is 242 g/mol. The number of fused-ring (bicyclic) bond motifs is 1. The summed E-state index contributed by atoms with van der Waals surface area (Å²) in [5, 5.41) is 5.98. The number of carbonyl (C=O) groups excluding carboxylic acids is 1. The average molecular weight is 242 g/mol. The van der Waals surface area contributed by atoms with E-state index < -0.39 is 0 Å². The Bertz CT molecular complexity index is 620. The lowest BCUT2D eigenvalue weighted by Crippen LogP contribution is -2.25. The zero-order valence-electron chi connectivity index (χ0n) is 9.45. The second-order valence-electron chi connectivity index (χ2n) is 3.47. The fourth-order valence-corrected chi connectivity index (χ4v) is 1.47. The molecule has 0 aliphatic rings. The van der Waals surface area contributed by atoms with Crippen LogP contribution in [0.2, 0.25) is 0 Å². The van der Waals surface area contributed by atoms with Crippen LogP contribution < -0.4 is 5.32 Å². The van der Waals surface area contributed by atoms with Gasteiger partial charge in [-0.05, 0) is 23.7 Å². The van der Waals surface area contributed by atoms with E-state index >= 15 is 0 Å². The molecule has 1 amide bonds. The van der Waals surface area contributed by atoms with Crippen LogP contribution in [0.5, 0.6) is 0 Å². The third-order valence-corrected chi connectivity index (χ3v) is 2.29. The van der Waals surface area contributed by atoms with Crippen molar-refractivity contribution in [2.24, 2.45) is 5.11 Å². The van der Waals surface area contributed by atoms with Gasteiger partial charge in [-0.15, -0.1) is 0 Å². The lowest BCUT2D eigenvalue weighted by atomic mass is 10.2. The topological polar surface area (TPSA) is 104 Å². The summed E-state index contributed by atoms with van der Waals surface area (Å²) in [5.41, 5.74) is 10.0. The Morgan fingerprint density at radius 3 is 2.89 bits per heavy atom. The predicted molar refractivity (Wildman–Crippen MR) is 65.9 cm³/mol. The molecule has 0 saturated carbocycles. The van der Waals surface area contributed by atoms with E-state index in [1.807, 2.05) is 0 Å². The molecule has 0 atom stereocenters. The second-order valence-corrected chi connectivity index (χ2v) is 3.47. The SMILES string of the molecule is [N-]=[N+]=NCCNC(=O)c1ccc2nccnc2c1. The first kappa shape index (κ1) is 11.8. The Balaban J connectivity index is 2.10. The predicted octanol–water partition coefficient (Wildman–Crippen LogP) is 1.67. The minimum atomic E-state index is -0.226. The van der Waals surface area contributed by atoms with Gasteiger partial charge in [0.2, 0.25) is 0 Å². The molecule has 0 fully saturated rings. The van der Waals surface area contributed by atoms with Gasteiger partial charge in [0.1, 0.15) is 0 Å². The van der Waals surface area contributed by atoms with Gasteiger partial charge in [0.05, 0.1) is 11.0 Å². The zero-order chi connectivity index (χ0) is 12.8. The minimum absolute atomic E-state index is 0.226.